The lowest BCUT2D eigenvalue weighted by Crippen LogP contribution is -2.51. The lowest BCUT2D eigenvalue weighted by Gasteiger charge is -2.34. The van der Waals surface area contributed by atoms with Crippen LogP contribution in [0.4, 0.5) is 4.79 Å². The molecule has 2 aromatic rings. The summed E-state index contributed by atoms with van der Waals surface area (Å²) in [4.78, 5) is 18.2. The molecule has 1 saturated heterocycles. The second kappa shape index (κ2) is 8.18. The van der Waals surface area contributed by atoms with Gasteiger partial charge in [-0.25, -0.2) is 4.79 Å². The van der Waals surface area contributed by atoms with Crippen LogP contribution in [0.15, 0.2) is 17.5 Å². The van der Waals surface area contributed by atoms with E-state index in [-0.39, 0.29) is 6.03 Å². The first-order chi connectivity index (χ1) is 12.8. The van der Waals surface area contributed by atoms with Gasteiger partial charge in [-0.15, -0.1) is 21.5 Å². The number of thiophene rings is 1. The summed E-state index contributed by atoms with van der Waals surface area (Å²) in [6.07, 6.45) is 4.58. The normalized spacial score (nSPS) is 18.4. The van der Waals surface area contributed by atoms with E-state index in [1.165, 1.54) is 17.7 Å². The van der Waals surface area contributed by atoms with Gasteiger partial charge in [0.1, 0.15) is 5.82 Å². The van der Waals surface area contributed by atoms with Crippen LogP contribution in [-0.2, 0) is 26.1 Å². The zero-order valence-electron chi connectivity index (χ0n) is 15.1. The molecular formula is C18H26N6OS. The molecule has 26 heavy (non-hydrogen) atoms. The molecule has 8 heteroatoms. The largest absolute Gasteiger partial charge is 0.331 e. The Morgan fingerprint density at radius 3 is 2.81 bits per heavy atom. The van der Waals surface area contributed by atoms with Crippen molar-refractivity contribution in [1.29, 1.82) is 0 Å². The molecule has 2 aliphatic heterocycles. The van der Waals surface area contributed by atoms with Gasteiger partial charge < -0.3 is 14.8 Å². The van der Waals surface area contributed by atoms with E-state index in [9.17, 15) is 4.79 Å². The molecule has 2 aliphatic rings. The fraction of sp³-hybridized carbons (Fsp3) is 0.611. The number of nitrogens with zero attached hydrogens (tertiary/aromatic N) is 5. The maximum Gasteiger partial charge on any atom is 0.317 e. The van der Waals surface area contributed by atoms with Crippen molar-refractivity contribution in [3.05, 3.63) is 34.0 Å². The maximum atomic E-state index is 12.5. The predicted octanol–water partition coefficient (Wildman–Crippen LogP) is 2.09. The molecule has 4 rings (SSSR count). The number of nitrogens with one attached hydrogen (secondary N) is 1. The lowest BCUT2D eigenvalue weighted by molar-refractivity contribution is 0.135. The molecule has 2 aromatic heterocycles. The van der Waals surface area contributed by atoms with Crippen LogP contribution in [0.1, 0.15) is 35.8 Å². The standard InChI is InChI=1S/C18H26N6OS/c25-18(19-13-17-21-20-16-6-2-1-3-7-24(16)17)23-10-8-22(9-11-23)14-15-5-4-12-26-15/h4-5,12H,1-3,6-11,13-14H2,(H,19,25). The fourth-order valence-corrected chi connectivity index (χ4v) is 4.42. The minimum absolute atomic E-state index is 0.00625. The van der Waals surface area contributed by atoms with E-state index in [2.05, 4.69) is 42.5 Å². The second-order valence-electron chi connectivity index (χ2n) is 7.00. The highest BCUT2D eigenvalue weighted by molar-refractivity contribution is 7.09. The Morgan fingerprint density at radius 2 is 2.00 bits per heavy atom. The Balaban J connectivity index is 1.25. The highest BCUT2D eigenvalue weighted by Crippen LogP contribution is 2.15. The number of amides is 2. The van der Waals surface area contributed by atoms with Gasteiger partial charge in [0.2, 0.25) is 0 Å². The van der Waals surface area contributed by atoms with Gasteiger partial charge in [0, 0.05) is 50.6 Å². The van der Waals surface area contributed by atoms with Gasteiger partial charge in [0.25, 0.3) is 0 Å². The molecule has 0 aliphatic carbocycles. The first-order valence-electron chi connectivity index (χ1n) is 9.48. The number of hydrogen-bond acceptors (Lipinski definition) is 5. The number of rotatable bonds is 4. The van der Waals surface area contributed by atoms with Crippen LogP contribution in [-0.4, -0.2) is 56.8 Å². The molecule has 0 aromatic carbocycles. The summed E-state index contributed by atoms with van der Waals surface area (Å²) in [5.41, 5.74) is 0. The molecule has 140 valence electrons. The number of fused-ring (bicyclic) bond motifs is 1. The molecule has 1 fully saturated rings. The van der Waals surface area contributed by atoms with Crippen molar-refractivity contribution in [3.63, 3.8) is 0 Å². The van der Waals surface area contributed by atoms with E-state index in [0.29, 0.717) is 6.54 Å². The summed E-state index contributed by atoms with van der Waals surface area (Å²) >= 11 is 1.79. The second-order valence-corrected chi connectivity index (χ2v) is 8.03. The van der Waals surface area contributed by atoms with Crippen LogP contribution < -0.4 is 5.32 Å². The van der Waals surface area contributed by atoms with Gasteiger partial charge in [-0.2, -0.15) is 0 Å². The summed E-state index contributed by atoms with van der Waals surface area (Å²) < 4.78 is 2.19. The number of piperazine rings is 1. The van der Waals surface area contributed by atoms with Gasteiger partial charge in [0.05, 0.1) is 6.54 Å². The van der Waals surface area contributed by atoms with Crippen molar-refractivity contribution in [2.75, 3.05) is 26.2 Å². The van der Waals surface area contributed by atoms with Crippen molar-refractivity contribution in [3.8, 4) is 0 Å². The lowest BCUT2D eigenvalue weighted by atomic mass is 10.2. The number of aromatic nitrogens is 3. The maximum absolute atomic E-state index is 12.5. The molecule has 2 amide bonds. The third kappa shape index (κ3) is 4.07. The average molecular weight is 375 g/mol. The van der Waals surface area contributed by atoms with E-state index < -0.39 is 0 Å². The first kappa shape index (κ1) is 17.5. The van der Waals surface area contributed by atoms with Crippen molar-refractivity contribution >= 4 is 17.4 Å². The molecule has 7 nitrogen and oxygen atoms in total. The van der Waals surface area contributed by atoms with Crippen LogP contribution in [0, 0.1) is 0 Å². The molecule has 0 saturated carbocycles. The van der Waals surface area contributed by atoms with Gasteiger partial charge in [-0.3, -0.25) is 4.90 Å². The minimum atomic E-state index is 0.00625. The predicted molar refractivity (Wildman–Crippen MR) is 101 cm³/mol. The SMILES string of the molecule is O=C(NCc1nnc2n1CCCCC2)N1CCN(Cc2cccs2)CC1. The van der Waals surface area contributed by atoms with Gasteiger partial charge in [0.15, 0.2) is 5.82 Å². The first-order valence-corrected chi connectivity index (χ1v) is 10.4. The summed E-state index contributed by atoms with van der Waals surface area (Å²) in [6, 6.07) is 4.27. The quantitative estimate of drug-likeness (QED) is 0.890. The molecule has 4 heterocycles. The number of hydrogen-bond donors (Lipinski definition) is 1. The van der Waals surface area contributed by atoms with Gasteiger partial charge in [-0.1, -0.05) is 12.5 Å². The number of aryl methyl sites for hydroxylation is 1. The summed E-state index contributed by atoms with van der Waals surface area (Å²) in [5.74, 6) is 1.94. The number of urea groups is 1. The summed E-state index contributed by atoms with van der Waals surface area (Å²) in [5, 5.41) is 13.7. The van der Waals surface area contributed by atoms with Crippen molar-refractivity contribution in [1.82, 2.24) is 29.9 Å². The number of carbonyl (C=O) groups excluding carboxylic acids is 1. The Bertz CT molecular complexity index is 720. The monoisotopic (exact) mass is 374 g/mol. The van der Waals surface area contributed by atoms with Crippen LogP contribution in [0.2, 0.25) is 0 Å². The van der Waals surface area contributed by atoms with Crippen LogP contribution in [0.5, 0.6) is 0 Å². The molecular weight excluding hydrogens is 348 g/mol. The van der Waals surface area contributed by atoms with Crippen LogP contribution >= 0.6 is 11.3 Å². The smallest absolute Gasteiger partial charge is 0.317 e. The summed E-state index contributed by atoms with van der Waals surface area (Å²) in [6.45, 7) is 5.80. The fourth-order valence-electron chi connectivity index (χ4n) is 3.67. The minimum Gasteiger partial charge on any atom is -0.331 e. The number of carbonyl (C=O) groups is 1. The average Bonchev–Trinajstić information content (AvgIpc) is 3.24. The van der Waals surface area contributed by atoms with Gasteiger partial charge >= 0.3 is 6.03 Å². The third-order valence-corrected chi connectivity index (χ3v) is 6.06. The Labute approximate surface area is 158 Å². The van der Waals surface area contributed by atoms with Crippen molar-refractivity contribution in [2.45, 2.75) is 45.3 Å². The third-order valence-electron chi connectivity index (χ3n) is 5.20. The molecule has 1 N–H and O–H groups in total. The Kier molecular flexibility index (Phi) is 5.50. The van der Waals surface area contributed by atoms with Crippen molar-refractivity contribution < 1.29 is 4.79 Å². The highest BCUT2D eigenvalue weighted by atomic mass is 32.1. The van der Waals surface area contributed by atoms with E-state index in [4.69, 9.17) is 0 Å². The highest BCUT2D eigenvalue weighted by Gasteiger charge is 2.22. The zero-order chi connectivity index (χ0) is 17.8. The summed E-state index contributed by atoms with van der Waals surface area (Å²) in [7, 11) is 0. The molecule has 0 atom stereocenters. The zero-order valence-corrected chi connectivity index (χ0v) is 15.9. The van der Waals surface area contributed by atoms with Crippen molar-refractivity contribution in [2.24, 2.45) is 0 Å². The van der Waals surface area contributed by atoms with Crippen LogP contribution in [0.25, 0.3) is 0 Å². The van der Waals surface area contributed by atoms with E-state index in [1.807, 2.05) is 4.90 Å². The molecule has 0 unspecified atom stereocenters. The van der Waals surface area contributed by atoms with E-state index in [0.717, 1.165) is 63.8 Å². The van der Waals surface area contributed by atoms with E-state index in [1.54, 1.807) is 11.3 Å². The van der Waals surface area contributed by atoms with Crippen LogP contribution in [0.3, 0.4) is 0 Å². The van der Waals surface area contributed by atoms with E-state index >= 15 is 0 Å². The van der Waals surface area contributed by atoms with Gasteiger partial charge in [-0.05, 0) is 24.3 Å². The topological polar surface area (TPSA) is 66.3 Å². The molecule has 0 bridgehead atoms. The Hall–Kier alpha value is -1.93. The molecule has 0 spiro atoms. The Morgan fingerprint density at radius 1 is 1.12 bits per heavy atom. The molecule has 0 radical (unpaired) electrons.